The molecule has 2 heterocycles. The van der Waals surface area contributed by atoms with Crippen LogP contribution >= 0.6 is 11.8 Å². The number of nitriles is 1. The normalized spacial score (nSPS) is 9.80. The Kier molecular flexibility index (Phi) is 2.95. The maximum atomic E-state index is 8.82. The number of aromatic nitrogens is 4. The fourth-order valence-corrected chi connectivity index (χ4v) is 1.83. The molecule has 0 aromatic carbocycles. The lowest BCUT2D eigenvalue weighted by Gasteiger charge is -1.99. The largest absolute Gasteiger partial charge is 0.254 e. The predicted octanol–water partition coefficient (Wildman–Crippen LogP) is 1.36. The maximum Gasteiger partial charge on any atom is 0.183 e. The third-order valence-electron chi connectivity index (χ3n) is 1.75. The second-order valence-electron chi connectivity index (χ2n) is 2.70. The van der Waals surface area contributed by atoms with Gasteiger partial charge < -0.3 is 0 Å². The summed E-state index contributed by atoms with van der Waals surface area (Å²) in [6.07, 6.45) is 3.07. The maximum absolute atomic E-state index is 8.82. The first-order chi connectivity index (χ1) is 7.40. The topological polar surface area (TPSA) is 78.2 Å². The lowest BCUT2D eigenvalue weighted by molar-refractivity contribution is 0.972. The first-order valence-corrected chi connectivity index (χ1v) is 5.21. The molecule has 0 spiro atoms. The smallest absolute Gasteiger partial charge is 0.183 e. The molecule has 0 aliphatic heterocycles. The Morgan fingerprint density at radius 2 is 2.40 bits per heavy atom. The fourth-order valence-electron chi connectivity index (χ4n) is 1.07. The molecular weight excluding hydrogens is 210 g/mol. The highest BCUT2D eigenvalue weighted by Gasteiger charge is 2.04. The van der Waals surface area contributed by atoms with Gasteiger partial charge in [0.1, 0.15) is 18.1 Å². The third-order valence-corrected chi connectivity index (χ3v) is 2.68. The summed E-state index contributed by atoms with van der Waals surface area (Å²) in [6.45, 7) is 0. The molecule has 0 aliphatic carbocycles. The number of thioether (sulfide) groups is 1. The van der Waals surface area contributed by atoms with E-state index in [0.717, 1.165) is 10.7 Å². The predicted molar refractivity (Wildman–Crippen MR) is 54.9 cm³/mol. The van der Waals surface area contributed by atoms with Crippen LogP contribution < -0.4 is 0 Å². The number of aromatic amines is 1. The Balaban J connectivity index is 2.08. The number of rotatable bonds is 3. The molecule has 0 fully saturated rings. The van der Waals surface area contributed by atoms with E-state index in [1.54, 1.807) is 6.20 Å². The van der Waals surface area contributed by atoms with Gasteiger partial charge >= 0.3 is 0 Å². The number of hydrogen-bond acceptors (Lipinski definition) is 5. The van der Waals surface area contributed by atoms with Crippen LogP contribution in [0.4, 0.5) is 0 Å². The van der Waals surface area contributed by atoms with Crippen LogP contribution in [0.15, 0.2) is 29.8 Å². The number of pyridine rings is 1. The Morgan fingerprint density at radius 3 is 3.13 bits per heavy atom. The quantitative estimate of drug-likeness (QED) is 0.785. The van der Waals surface area contributed by atoms with Gasteiger partial charge in [-0.3, -0.25) is 5.10 Å². The van der Waals surface area contributed by atoms with Crippen molar-refractivity contribution in [2.45, 2.75) is 10.9 Å². The lowest BCUT2D eigenvalue weighted by Crippen LogP contribution is -1.90. The molecule has 2 rings (SSSR count). The van der Waals surface area contributed by atoms with E-state index in [4.69, 9.17) is 5.26 Å². The van der Waals surface area contributed by atoms with Crippen LogP contribution in [0.1, 0.15) is 11.3 Å². The summed E-state index contributed by atoms with van der Waals surface area (Å²) in [5, 5.41) is 16.0. The second-order valence-corrected chi connectivity index (χ2v) is 3.67. The van der Waals surface area contributed by atoms with Crippen molar-refractivity contribution in [3.63, 3.8) is 0 Å². The Bertz CT molecular complexity index is 473. The van der Waals surface area contributed by atoms with Gasteiger partial charge in [0.05, 0.1) is 0 Å². The summed E-state index contributed by atoms with van der Waals surface area (Å²) in [5.41, 5.74) is 1.37. The van der Waals surface area contributed by atoms with Crippen LogP contribution in [0.25, 0.3) is 0 Å². The molecule has 0 amide bonds. The first kappa shape index (κ1) is 9.68. The SMILES string of the molecule is N#Cc1ncccc1CSc1ncn[nH]1. The van der Waals surface area contributed by atoms with E-state index >= 15 is 0 Å². The molecule has 0 radical (unpaired) electrons. The molecule has 5 nitrogen and oxygen atoms in total. The van der Waals surface area contributed by atoms with E-state index in [2.05, 4.69) is 26.2 Å². The van der Waals surface area contributed by atoms with Crippen molar-refractivity contribution in [3.8, 4) is 6.07 Å². The molecule has 0 saturated carbocycles. The highest BCUT2D eigenvalue weighted by atomic mass is 32.2. The van der Waals surface area contributed by atoms with Crippen LogP contribution in [0, 0.1) is 11.3 Å². The van der Waals surface area contributed by atoms with Crippen LogP contribution in [0.5, 0.6) is 0 Å². The highest BCUT2D eigenvalue weighted by Crippen LogP contribution is 2.19. The molecule has 0 unspecified atom stereocenters. The van der Waals surface area contributed by atoms with Crippen molar-refractivity contribution in [3.05, 3.63) is 35.9 Å². The van der Waals surface area contributed by atoms with Crippen LogP contribution in [-0.2, 0) is 5.75 Å². The second kappa shape index (κ2) is 4.57. The zero-order valence-corrected chi connectivity index (χ0v) is 8.53. The summed E-state index contributed by atoms with van der Waals surface area (Å²) >= 11 is 1.49. The summed E-state index contributed by atoms with van der Waals surface area (Å²) in [6, 6.07) is 5.76. The minimum Gasteiger partial charge on any atom is -0.254 e. The number of nitrogens with zero attached hydrogens (tertiary/aromatic N) is 4. The summed E-state index contributed by atoms with van der Waals surface area (Å²) in [5.74, 6) is 0.659. The van der Waals surface area contributed by atoms with Gasteiger partial charge in [-0.1, -0.05) is 17.8 Å². The number of hydrogen-bond donors (Lipinski definition) is 1. The van der Waals surface area contributed by atoms with E-state index in [-0.39, 0.29) is 0 Å². The third kappa shape index (κ3) is 2.33. The fraction of sp³-hybridized carbons (Fsp3) is 0.111. The number of H-pyrrole nitrogens is 1. The molecule has 1 N–H and O–H groups in total. The summed E-state index contributed by atoms with van der Waals surface area (Å²) in [7, 11) is 0. The zero-order valence-electron chi connectivity index (χ0n) is 7.71. The van der Waals surface area contributed by atoms with Crippen LogP contribution in [0.2, 0.25) is 0 Å². The minimum atomic E-state index is 0.463. The Hall–Kier alpha value is -1.87. The summed E-state index contributed by atoms with van der Waals surface area (Å²) < 4.78 is 0. The van der Waals surface area contributed by atoms with Crippen molar-refractivity contribution < 1.29 is 0 Å². The molecule has 74 valence electrons. The molecule has 2 aromatic rings. The average Bonchev–Trinajstić information content (AvgIpc) is 2.79. The van der Waals surface area contributed by atoms with Crippen molar-refractivity contribution in [1.82, 2.24) is 20.2 Å². The molecular formula is C9H7N5S. The molecule has 0 atom stereocenters. The highest BCUT2D eigenvalue weighted by molar-refractivity contribution is 7.98. The van der Waals surface area contributed by atoms with Gasteiger partial charge in [-0.2, -0.15) is 10.4 Å². The summed E-state index contributed by atoms with van der Waals surface area (Å²) in [4.78, 5) is 7.96. The number of nitrogens with one attached hydrogen (secondary N) is 1. The molecule has 15 heavy (non-hydrogen) atoms. The van der Waals surface area contributed by atoms with Crippen molar-refractivity contribution in [2.75, 3.05) is 0 Å². The van der Waals surface area contributed by atoms with Gasteiger partial charge in [-0.25, -0.2) is 9.97 Å². The molecule has 2 aromatic heterocycles. The van der Waals surface area contributed by atoms with Gasteiger partial charge in [-0.05, 0) is 11.6 Å². The van der Waals surface area contributed by atoms with E-state index in [1.807, 2.05) is 12.1 Å². The van der Waals surface area contributed by atoms with Gasteiger partial charge in [0.25, 0.3) is 0 Å². The molecule has 0 bridgehead atoms. The Morgan fingerprint density at radius 1 is 1.47 bits per heavy atom. The van der Waals surface area contributed by atoms with Gasteiger partial charge in [-0.15, -0.1) is 0 Å². The van der Waals surface area contributed by atoms with Crippen molar-refractivity contribution in [1.29, 1.82) is 5.26 Å². The van der Waals surface area contributed by atoms with Gasteiger partial charge in [0, 0.05) is 11.9 Å². The van der Waals surface area contributed by atoms with Crippen LogP contribution in [0.3, 0.4) is 0 Å². The van der Waals surface area contributed by atoms with E-state index in [1.165, 1.54) is 18.1 Å². The van der Waals surface area contributed by atoms with Gasteiger partial charge in [0.2, 0.25) is 0 Å². The monoisotopic (exact) mass is 217 g/mol. The average molecular weight is 217 g/mol. The van der Waals surface area contributed by atoms with E-state index < -0.39 is 0 Å². The van der Waals surface area contributed by atoms with E-state index in [0.29, 0.717) is 11.4 Å². The van der Waals surface area contributed by atoms with Crippen molar-refractivity contribution in [2.24, 2.45) is 0 Å². The van der Waals surface area contributed by atoms with E-state index in [9.17, 15) is 0 Å². The molecule has 0 saturated heterocycles. The van der Waals surface area contributed by atoms with Crippen LogP contribution in [-0.4, -0.2) is 20.2 Å². The Labute approximate surface area is 90.6 Å². The van der Waals surface area contributed by atoms with Crippen molar-refractivity contribution >= 4 is 11.8 Å². The van der Waals surface area contributed by atoms with Gasteiger partial charge in [0.15, 0.2) is 5.16 Å². The lowest BCUT2D eigenvalue weighted by atomic mass is 10.2. The first-order valence-electron chi connectivity index (χ1n) is 4.22. The zero-order chi connectivity index (χ0) is 10.5. The standard InChI is InChI=1S/C9H7N5S/c10-4-8-7(2-1-3-11-8)5-15-9-12-6-13-14-9/h1-3,6H,5H2,(H,12,13,14). The minimum absolute atomic E-state index is 0.463. The molecule has 6 heteroatoms. The molecule has 0 aliphatic rings.